The summed E-state index contributed by atoms with van der Waals surface area (Å²) in [5.74, 6) is 0.0838. The van der Waals surface area contributed by atoms with Crippen LogP contribution in [-0.4, -0.2) is 19.9 Å². The van der Waals surface area contributed by atoms with Crippen molar-refractivity contribution >= 4 is 0 Å². The van der Waals surface area contributed by atoms with Crippen LogP contribution in [0.1, 0.15) is 0 Å². The first-order valence-corrected chi connectivity index (χ1v) is 2.48. The molecule has 0 saturated heterocycles. The van der Waals surface area contributed by atoms with Gasteiger partial charge < -0.3 is 5.11 Å². The van der Waals surface area contributed by atoms with E-state index in [1.54, 1.807) is 0 Å². The number of allylic oxidation sites excluding steroid dienone is 1. The minimum Gasteiger partial charge on any atom is -0.511 e. The van der Waals surface area contributed by atoms with Gasteiger partial charge in [-0.25, -0.2) is 9.67 Å². The molecule has 0 spiro atoms. The Balaban J connectivity index is 2.58. The quantitative estimate of drug-likeness (QED) is 0.580. The Kier molecular flexibility index (Phi) is 1.48. The second kappa shape index (κ2) is 2.30. The Morgan fingerprint density at radius 2 is 2.56 bits per heavy atom. The van der Waals surface area contributed by atoms with Gasteiger partial charge in [-0.2, -0.15) is 5.10 Å². The second-order valence-electron chi connectivity index (χ2n) is 1.66. The van der Waals surface area contributed by atoms with Crippen LogP contribution in [0.5, 0.6) is 0 Å². The summed E-state index contributed by atoms with van der Waals surface area (Å²) in [6.45, 7) is 3.62. The maximum absolute atomic E-state index is 8.64. The highest BCUT2D eigenvalue weighted by atomic mass is 16.3. The van der Waals surface area contributed by atoms with E-state index in [1.165, 1.54) is 17.3 Å². The van der Waals surface area contributed by atoms with Crippen LogP contribution < -0.4 is 0 Å². The molecular weight excluding hydrogens is 118 g/mol. The monoisotopic (exact) mass is 125 g/mol. The van der Waals surface area contributed by atoms with Crippen molar-refractivity contribution in [3.8, 4) is 0 Å². The smallest absolute Gasteiger partial charge is 0.137 e. The Bertz CT molecular complexity index is 192. The Hall–Kier alpha value is -1.32. The van der Waals surface area contributed by atoms with Crippen molar-refractivity contribution < 1.29 is 5.11 Å². The molecule has 0 aliphatic carbocycles. The van der Waals surface area contributed by atoms with Gasteiger partial charge in [0.2, 0.25) is 0 Å². The summed E-state index contributed by atoms with van der Waals surface area (Å²) >= 11 is 0. The van der Waals surface area contributed by atoms with E-state index < -0.39 is 0 Å². The van der Waals surface area contributed by atoms with E-state index in [1.807, 2.05) is 0 Å². The fraction of sp³-hybridized carbons (Fsp3) is 0.200. The summed E-state index contributed by atoms with van der Waals surface area (Å²) in [5, 5.41) is 12.4. The number of rotatable bonds is 2. The van der Waals surface area contributed by atoms with Gasteiger partial charge in [-0.3, -0.25) is 0 Å². The minimum absolute atomic E-state index is 0.0838. The molecule has 0 atom stereocenters. The average Bonchev–Trinajstić information content (AvgIpc) is 2.15. The molecule has 0 radical (unpaired) electrons. The lowest BCUT2D eigenvalue weighted by atomic mass is 10.6. The lowest BCUT2D eigenvalue weighted by Gasteiger charge is -1.94. The summed E-state index contributed by atoms with van der Waals surface area (Å²) in [4.78, 5) is 3.67. The molecular formula is C5H7N3O. The summed E-state index contributed by atoms with van der Waals surface area (Å²) in [6.07, 6.45) is 2.92. The van der Waals surface area contributed by atoms with E-state index in [0.717, 1.165) is 0 Å². The van der Waals surface area contributed by atoms with E-state index >= 15 is 0 Å². The third-order valence-corrected chi connectivity index (χ3v) is 0.811. The molecule has 0 saturated carbocycles. The van der Waals surface area contributed by atoms with Gasteiger partial charge in [0.05, 0.1) is 6.54 Å². The Labute approximate surface area is 52.5 Å². The van der Waals surface area contributed by atoms with Gasteiger partial charge in [0.25, 0.3) is 0 Å². The third kappa shape index (κ3) is 1.56. The third-order valence-electron chi connectivity index (χ3n) is 0.811. The van der Waals surface area contributed by atoms with Gasteiger partial charge in [0.15, 0.2) is 0 Å². The molecule has 0 unspecified atom stereocenters. The van der Waals surface area contributed by atoms with Crippen molar-refractivity contribution in [1.82, 2.24) is 14.8 Å². The zero-order valence-electron chi connectivity index (χ0n) is 4.86. The van der Waals surface area contributed by atoms with Crippen LogP contribution in [0.4, 0.5) is 0 Å². The van der Waals surface area contributed by atoms with E-state index in [2.05, 4.69) is 16.7 Å². The van der Waals surface area contributed by atoms with Crippen LogP contribution in [0.15, 0.2) is 25.0 Å². The first-order valence-electron chi connectivity index (χ1n) is 2.48. The summed E-state index contributed by atoms with van der Waals surface area (Å²) in [6, 6.07) is 0. The maximum Gasteiger partial charge on any atom is 0.137 e. The van der Waals surface area contributed by atoms with Gasteiger partial charge >= 0.3 is 0 Å². The molecule has 1 aromatic rings. The zero-order chi connectivity index (χ0) is 6.69. The first-order chi connectivity index (χ1) is 4.29. The van der Waals surface area contributed by atoms with E-state index in [9.17, 15) is 0 Å². The summed E-state index contributed by atoms with van der Waals surface area (Å²) in [5.41, 5.74) is 0. The molecule has 0 aromatic carbocycles. The Morgan fingerprint density at radius 3 is 3.00 bits per heavy atom. The average molecular weight is 125 g/mol. The van der Waals surface area contributed by atoms with Crippen LogP contribution >= 0.6 is 0 Å². The van der Waals surface area contributed by atoms with Crippen LogP contribution in [0.25, 0.3) is 0 Å². The van der Waals surface area contributed by atoms with Crippen molar-refractivity contribution in [2.24, 2.45) is 0 Å². The van der Waals surface area contributed by atoms with Gasteiger partial charge in [0.1, 0.15) is 18.4 Å². The Morgan fingerprint density at radius 1 is 1.78 bits per heavy atom. The van der Waals surface area contributed by atoms with Gasteiger partial charge in [-0.15, -0.1) is 0 Å². The largest absolute Gasteiger partial charge is 0.511 e. The van der Waals surface area contributed by atoms with Gasteiger partial charge in [-0.05, 0) is 0 Å². The maximum atomic E-state index is 8.64. The normalized spacial score (nSPS) is 9.33. The van der Waals surface area contributed by atoms with Crippen molar-refractivity contribution in [3.63, 3.8) is 0 Å². The molecule has 48 valence electrons. The van der Waals surface area contributed by atoms with Gasteiger partial charge in [0, 0.05) is 0 Å². The molecule has 0 aliphatic heterocycles. The lowest BCUT2D eigenvalue weighted by Crippen LogP contribution is -1.99. The number of aliphatic hydroxyl groups is 1. The van der Waals surface area contributed by atoms with E-state index in [4.69, 9.17) is 5.11 Å². The first kappa shape index (κ1) is 5.81. The molecule has 1 N–H and O–H groups in total. The molecule has 9 heavy (non-hydrogen) atoms. The second-order valence-corrected chi connectivity index (χ2v) is 1.66. The molecule has 1 aromatic heterocycles. The highest BCUT2D eigenvalue weighted by Crippen LogP contribution is 1.86. The summed E-state index contributed by atoms with van der Waals surface area (Å²) < 4.78 is 1.49. The predicted molar refractivity (Wildman–Crippen MR) is 31.8 cm³/mol. The van der Waals surface area contributed by atoms with Crippen molar-refractivity contribution in [3.05, 3.63) is 25.0 Å². The van der Waals surface area contributed by atoms with Crippen LogP contribution in [-0.2, 0) is 6.54 Å². The van der Waals surface area contributed by atoms with Crippen LogP contribution in [0.2, 0.25) is 0 Å². The lowest BCUT2D eigenvalue weighted by molar-refractivity contribution is 0.370. The van der Waals surface area contributed by atoms with Crippen molar-refractivity contribution in [1.29, 1.82) is 0 Å². The van der Waals surface area contributed by atoms with Crippen molar-refractivity contribution in [2.45, 2.75) is 6.54 Å². The molecule has 0 aliphatic rings. The number of aromatic nitrogens is 3. The molecule has 4 heteroatoms. The minimum atomic E-state index is 0.0838. The molecule has 0 bridgehead atoms. The predicted octanol–water partition coefficient (Wildman–Crippen LogP) is 0.350. The molecule has 4 nitrogen and oxygen atoms in total. The van der Waals surface area contributed by atoms with E-state index in [-0.39, 0.29) is 5.76 Å². The van der Waals surface area contributed by atoms with Crippen LogP contribution in [0, 0.1) is 0 Å². The molecule has 1 heterocycles. The molecule has 1 rings (SSSR count). The number of hydrogen-bond donors (Lipinski definition) is 1. The summed E-state index contributed by atoms with van der Waals surface area (Å²) in [7, 11) is 0. The molecule has 0 fully saturated rings. The highest BCUT2D eigenvalue weighted by Gasteiger charge is 1.90. The van der Waals surface area contributed by atoms with E-state index in [0.29, 0.717) is 6.54 Å². The fourth-order valence-electron chi connectivity index (χ4n) is 0.501. The highest BCUT2D eigenvalue weighted by molar-refractivity contribution is 4.78. The molecule has 0 amide bonds. The zero-order valence-corrected chi connectivity index (χ0v) is 4.86. The topological polar surface area (TPSA) is 50.9 Å². The fourth-order valence-corrected chi connectivity index (χ4v) is 0.501. The number of nitrogens with zero attached hydrogens (tertiary/aromatic N) is 3. The number of aliphatic hydroxyl groups excluding tert-OH is 1. The van der Waals surface area contributed by atoms with Crippen LogP contribution in [0.3, 0.4) is 0 Å². The number of hydrogen-bond acceptors (Lipinski definition) is 3. The van der Waals surface area contributed by atoms with Gasteiger partial charge in [-0.1, -0.05) is 6.58 Å². The SMILES string of the molecule is C=C(O)Cn1cncn1. The van der Waals surface area contributed by atoms with Crippen molar-refractivity contribution in [2.75, 3.05) is 0 Å². The standard InChI is InChI=1S/C5H7N3O/c1-5(9)2-8-4-6-3-7-8/h3-4,9H,1-2H2.